The van der Waals surface area contributed by atoms with Crippen molar-refractivity contribution in [1.82, 2.24) is 4.98 Å². The molecule has 0 aliphatic heterocycles. The SMILES string of the molecule is COCCN(CCO)c1nccc2ccc(O)cc12. The summed E-state index contributed by atoms with van der Waals surface area (Å²) in [5.41, 5.74) is 0. The molecule has 0 atom stereocenters. The van der Waals surface area contributed by atoms with Gasteiger partial charge in [-0.1, -0.05) is 6.07 Å². The molecule has 102 valence electrons. The summed E-state index contributed by atoms with van der Waals surface area (Å²) in [5.74, 6) is 0.955. The van der Waals surface area contributed by atoms with Crippen LogP contribution in [0.2, 0.25) is 0 Å². The molecule has 0 spiro atoms. The van der Waals surface area contributed by atoms with Crippen molar-refractivity contribution in [1.29, 1.82) is 0 Å². The number of fused-ring (bicyclic) bond motifs is 1. The molecule has 0 unspecified atom stereocenters. The standard InChI is InChI=1S/C14H18N2O3/c1-19-9-7-16(6-8-17)14-13-10-12(18)3-2-11(13)4-5-15-14/h2-5,10,17-18H,6-9H2,1H3. The molecule has 5 heteroatoms. The summed E-state index contributed by atoms with van der Waals surface area (Å²) in [5, 5.41) is 20.7. The fourth-order valence-electron chi connectivity index (χ4n) is 2.04. The minimum atomic E-state index is 0.0423. The highest BCUT2D eigenvalue weighted by molar-refractivity contribution is 5.93. The van der Waals surface area contributed by atoms with Crippen LogP contribution in [0.3, 0.4) is 0 Å². The van der Waals surface area contributed by atoms with Crippen LogP contribution in [0.5, 0.6) is 5.75 Å². The smallest absolute Gasteiger partial charge is 0.136 e. The summed E-state index contributed by atoms with van der Waals surface area (Å²) in [7, 11) is 1.64. The van der Waals surface area contributed by atoms with E-state index in [1.807, 2.05) is 17.0 Å². The first-order valence-electron chi connectivity index (χ1n) is 6.18. The predicted molar refractivity (Wildman–Crippen MR) is 74.6 cm³/mol. The second-order valence-corrected chi connectivity index (χ2v) is 4.24. The Kier molecular flexibility index (Phi) is 4.54. The third-order valence-electron chi connectivity index (χ3n) is 2.96. The zero-order chi connectivity index (χ0) is 13.7. The lowest BCUT2D eigenvalue weighted by Crippen LogP contribution is -2.31. The Labute approximate surface area is 112 Å². The van der Waals surface area contributed by atoms with Gasteiger partial charge in [0.2, 0.25) is 0 Å². The number of aromatic nitrogens is 1. The lowest BCUT2D eigenvalue weighted by molar-refractivity contribution is 0.202. The number of methoxy groups -OCH3 is 1. The first-order chi connectivity index (χ1) is 9.26. The molecule has 0 aliphatic carbocycles. The minimum Gasteiger partial charge on any atom is -0.508 e. The van der Waals surface area contributed by atoms with E-state index in [1.165, 1.54) is 0 Å². The topological polar surface area (TPSA) is 65.8 Å². The molecular formula is C14H18N2O3. The van der Waals surface area contributed by atoms with Crippen molar-refractivity contribution in [3.63, 3.8) is 0 Å². The molecule has 0 amide bonds. The van der Waals surface area contributed by atoms with Gasteiger partial charge in [0, 0.05) is 31.8 Å². The van der Waals surface area contributed by atoms with Gasteiger partial charge in [-0.05, 0) is 23.6 Å². The van der Waals surface area contributed by atoms with E-state index in [0.717, 1.165) is 16.6 Å². The Bertz CT molecular complexity index is 545. The third kappa shape index (κ3) is 3.13. The molecule has 0 saturated carbocycles. The lowest BCUT2D eigenvalue weighted by Gasteiger charge is -2.23. The zero-order valence-corrected chi connectivity index (χ0v) is 10.9. The number of aliphatic hydroxyl groups is 1. The summed E-state index contributed by atoms with van der Waals surface area (Å²) in [6.45, 7) is 1.71. The van der Waals surface area contributed by atoms with Gasteiger partial charge < -0.3 is 19.8 Å². The minimum absolute atomic E-state index is 0.0423. The number of anilines is 1. The van der Waals surface area contributed by atoms with E-state index in [1.54, 1.807) is 25.4 Å². The number of phenols is 1. The zero-order valence-electron chi connectivity index (χ0n) is 10.9. The number of phenolic OH excluding ortho intramolecular Hbond substituents is 1. The molecule has 2 rings (SSSR count). The Morgan fingerprint density at radius 3 is 2.84 bits per heavy atom. The molecule has 0 radical (unpaired) electrons. The van der Waals surface area contributed by atoms with E-state index in [4.69, 9.17) is 9.84 Å². The van der Waals surface area contributed by atoms with Gasteiger partial charge in [-0.15, -0.1) is 0 Å². The van der Waals surface area contributed by atoms with Crippen molar-refractivity contribution < 1.29 is 14.9 Å². The Hall–Kier alpha value is -1.85. The molecule has 1 heterocycles. The van der Waals surface area contributed by atoms with Crippen LogP contribution < -0.4 is 4.90 Å². The molecule has 0 saturated heterocycles. The Morgan fingerprint density at radius 1 is 1.26 bits per heavy atom. The molecule has 2 N–H and O–H groups in total. The fourth-order valence-corrected chi connectivity index (χ4v) is 2.04. The molecule has 5 nitrogen and oxygen atoms in total. The highest BCUT2D eigenvalue weighted by Gasteiger charge is 2.11. The molecular weight excluding hydrogens is 244 g/mol. The van der Waals surface area contributed by atoms with Crippen molar-refractivity contribution in [2.24, 2.45) is 0 Å². The number of ether oxygens (including phenoxy) is 1. The molecule has 0 bridgehead atoms. The van der Waals surface area contributed by atoms with Gasteiger partial charge in [-0.3, -0.25) is 0 Å². The molecule has 1 aromatic heterocycles. The molecule has 2 aromatic rings. The van der Waals surface area contributed by atoms with Gasteiger partial charge >= 0.3 is 0 Å². The van der Waals surface area contributed by atoms with Crippen molar-refractivity contribution in [2.75, 3.05) is 38.3 Å². The van der Waals surface area contributed by atoms with E-state index in [0.29, 0.717) is 19.7 Å². The number of rotatable bonds is 6. The van der Waals surface area contributed by atoms with Crippen LogP contribution in [-0.4, -0.2) is 48.6 Å². The number of pyridine rings is 1. The Morgan fingerprint density at radius 2 is 2.11 bits per heavy atom. The second-order valence-electron chi connectivity index (χ2n) is 4.24. The van der Waals surface area contributed by atoms with E-state index in [2.05, 4.69) is 4.98 Å². The number of aromatic hydroxyl groups is 1. The maximum atomic E-state index is 9.62. The van der Waals surface area contributed by atoms with Crippen LogP contribution in [0.15, 0.2) is 30.5 Å². The number of aliphatic hydroxyl groups excluding tert-OH is 1. The van der Waals surface area contributed by atoms with Crippen molar-refractivity contribution in [2.45, 2.75) is 0 Å². The summed E-state index contributed by atoms with van der Waals surface area (Å²) in [4.78, 5) is 6.32. The monoisotopic (exact) mass is 262 g/mol. The summed E-state index contributed by atoms with van der Waals surface area (Å²) in [6, 6.07) is 7.08. The van der Waals surface area contributed by atoms with Crippen LogP contribution in [0.25, 0.3) is 10.8 Å². The van der Waals surface area contributed by atoms with E-state index in [9.17, 15) is 5.11 Å². The van der Waals surface area contributed by atoms with Gasteiger partial charge in [0.1, 0.15) is 11.6 Å². The van der Waals surface area contributed by atoms with Gasteiger partial charge in [-0.2, -0.15) is 0 Å². The summed E-state index contributed by atoms with van der Waals surface area (Å²) < 4.78 is 5.08. The summed E-state index contributed by atoms with van der Waals surface area (Å²) in [6.07, 6.45) is 1.73. The molecule has 0 fully saturated rings. The largest absolute Gasteiger partial charge is 0.508 e. The Balaban J connectivity index is 2.42. The maximum absolute atomic E-state index is 9.62. The highest BCUT2D eigenvalue weighted by atomic mass is 16.5. The molecule has 0 aliphatic rings. The second kappa shape index (κ2) is 6.36. The normalized spacial score (nSPS) is 10.8. The van der Waals surface area contributed by atoms with Crippen molar-refractivity contribution in [3.8, 4) is 5.75 Å². The van der Waals surface area contributed by atoms with E-state index >= 15 is 0 Å². The molecule has 1 aromatic carbocycles. The van der Waals surface area contributed by atoms with Crippen LogP contribution in [0.1, 0.15) is 0 Å². The van der Waals surface area contributed by atoms with Gasteiger partial charge in [-0.25, -0.2) is 4.98 Å². The van der Waals surface area contributed by atoms with E-state index < -0.39 is 0 Å². The van der Waals surface area contributed by atoms with Crippen LogP contribution >= 0.6 is 0 Å². The predicted octanol–water partition coefficient (Wildman–Crippen LogP) is 1.39. The van der Waals surface area contributed by atoms with Gasteiger partial charge in [0.15, 0.2) is 0 Å². The van der Waals surface area contributed by atoms with Crippen LogP contribution in [0, 0.1) is 0 Å². The third-order valence-corrected chi connectivity index (χ3v) is 2.96. The highest BCUT2D eigenvalue weighted by Crippen LogP contribution is 2.27. The number of hydrogen-bond acceptors (Lipinski definition) is 5. The fraction of sp³-hybridized carbons (Fsp3) is 0.357. The first-order valence-corrected chi connectivity index (χ1v) is 6.18. The maximum Gasteiger partial charge on any atom is 0.136 e. The van der Waals surface area contributed by atoms with Crippen molar-refractivity contribution >= 4 is 16.6 Å². The van der Waals surface area contributed by atoms with Crippen LogP contribution in [-0.2, 0) is 4.74 Å². The van der Waals surface area contributed by atoms with Crippen LogP contribution in [0.4, 0.5) is 5.82 Å². The van der Waals surface area contributed by atoms with E-state index in [-0.39, 0.29) is 12.4 Å². The number of benzene rings is 1. The average molecular weight is 262 g/mol. The lowest BCUT2D eigenvalue weighted by atomic mass is 10.1. The summed E-state index contributed by atoms with van der Waals surface area (Å²) >= 11 is 0. The number of hydrogen-bond donors (Lipinski definition) is 2. The van der Waals surface area contributed by atoms with Crippen molar-refractivity contribution in [3.05, 3.63) is 30.5 Å². The quantitative estimate of drug-likeness (QED) is 0.823. The number of nitrogens with zero attached hydrogens (tertiary/aromatic N) is 2. The first kappa shape index (κ1) is 13.6. The average Bonchev–Trinajstić information content (AvgIpc) is 2.43. The van der Waals surface area contributed by atoms with Gasteiger partial charge in [0.05, 0.1) is 13.2 Å². The molecule has 19 heavy (non-hydrogen) atoms. The van der Waals surface area contributed by atoms with Gasteiger partial charge in [0.25, 0.3) is 0 Å².